The van der Waals surface area contributed by atoms with Gasteiger partial charge in [-0.2, -0.15) is 0 Å². The Kier molecular flexibility index (Phi) is 4.99. The van der Waals surface area contributed by atoms with Crippen molar-refractivity contribution in [3.63, 3.8) is 0 Å². The number of methoxy groups -OCH3 is 1. The third-order valence-electron chi connectivity index (χ3n) is 2.30. The molecule has 0 amide bonds. The maximum absolute atomic E-state index is 5.11. The Hall–Kier alpha value is -1.35. The van der Waals surface area contributed by atoms with Crippen molar-refractivity contribution in [3.05, 3.63) is 60.4 Å². The Labute approximate surface area is 106 Å². The van der Waals surface area contributed by atoms with Gasteiger partial charge in [0.05, 0.1) is 7.11 Å². The number of pyridine rings is 1. The van der Waals surface area contributed by atoms with Crippen molar-refractivity contribution in [2.75, 3.05) is 7.11 Å². The molecule has 0 saturated heterocycles. The summed E-state index contributed by atoms with van der Waals surface area (Å²) >= 11 is 0. The van der Waals surface area contributed by atoms with Crippen LogP contribution in [0.1, 0.15) is 5.56 Å². The number of aromatic nitrogens is 1. The van der Waals surface area contributed by atoms with Crippen molar-refractivity contribution < 1.29 is 9.30 Å². The Morgan fingerprint density at radius 1 is 1.00 bits per heavy atom. The molecule has 0 aliphatic heterocycles. The minimum atomic E-state index is 0. The second-order valence-electron chi connectivity index (χ2n) is 3.40. The lowest BCUT2D eigenvalue weighted by atomic mass is 10.2. The molecule has 2 rings (SSSR count). The van der Waals surface area contributed by atoms with Crippen LogP contribution in [0.5, 0.6) is 5.75 Å². The van der Waals surface area contributed by atoms with Crippen molar-refractivity contribution in [3.8, 4) is 5.75 Å². The summed E-state index contributed by atoms with van der Waals surface area (Å²) in [6.07, 6.45) is 4.04. The van der Waals surface area contributed by atoms with E-state index in [1.165, 1.54) is 5.56 Å². The van der Waals surface area contributed by atoms with E-state index in [0.717, 1.165) is 12.3 Å². The van der Waals surface area contributed by atoms with Gasteiger partial charge in [-0.25, -0.2) is 4.57 Å². The summed E-state index contributed by atoms with van der Waals surface area (Å²) in [5.41, 5.74) is 1.30. The summed E-state index contributed by atoms with van der Waals surface area (Å²) in [6.45, 7) is 0.894. The Bertz CT molecular complexity index is 414. The van der Waals surface area contributed by atoms with Crippen molar-refractivity contribution in [2.24, 2.45) is 0 Å². The molecule has 1 aromatic heterocycles. The largest absolute Gasteiger partial charge is 0.496 e. The molecule has 84 valence electrons. The second kappa shape index (κ2) is 6.28. The highest BCUT2D eigenvalue weighted by Gasteiger charge is 2.01. The lowest BCUT2D eigenvalue weighted by Crippen LogP contribution is -2.32. The van der Waals surface area contributed by atoms with Crippen LogP contribution in [0, 0.1) is 0 Å². The number of halogens is 1. The number of benzene rings is 1. The smallest absolute Gasteiger partial charge is 0.173 e. The van der Waals surface area contributed by atoms with Gasteiger partial charge in [-0.05, 0) is 0 Å². The number of rotatable bonds is 3. The van der Waals surface area contributed by atoms with E-state index < -0.39 is 0 Å². The molecule has 3 heteroatoms. The molecule has 0 unspecified atom stereocenters. The van der Waals surface area contributed by atoms with Crippen LogP contribution in [0.15, 0.2) is 54.9 Å². The summed E-state index contributed by atoms with van der Waals surface area (Å²) in [7, 11) is 1.68. The van der Waals surface area contributed by atoms with Gasteiger partial charge in [0, 0.05) is 17.7 Å². The van der Waals surface area contributed by atoms with Gasteiger partial charge in [0.15, 0.2) is 18.9 Å². The SMILES string of the molecule is Br.COc1cc[n+](Cc2ccccc2)cc1. The molecule has 0 saturated carbocycles. The maximum Gasteiger partial charge on any atom is 0.173 e. The van der Waals surface area contributed by atoms with E-state index in [9.17, 15) is 0 Å². The molecule has 1 aromatic carbocycles. The highest BCUT2D eigenvalue weighted by molar-refractivity contribution is 8.93. The lowest BCUT2D eigenvalue weighted by Gasteiger charge is -1.99. The highest BCUT2D eigenvalue weighted by atomic mass is 79.9. The van der Waals surface area contributed by atoms with E-state index in [2.05, 4.69) is 28.8 Å². The van der Waals surface area contributed by atoms with Crippen LogP contribution in [0.25, 0.3) is 0 Å². The van der Waals surface area contributed by atoms with Gasteiger partial charge in [-0.3, -0.25) is 0 Å². The molecule has 2 nitrogen and oxygen atoms in total. The van der Waals surface area contributed by atoms with E-state index in [4.69, 9.17) is 4.74 Å². The molecule has 16 heavy (non-hydrogen) atoms. The number of hydrogen-bond acceptors (Lipinski definition) is 1. The van der Waals surface area contributed by atoms with Gasteiger partial charge in [-0.1, -0.05) is 30.3 Å². The van der Waals surface area contributed by atoms with Crippen LogP contribution in [-0.4, -0.2) is 7.11 Å². The van der Waals surface area contributed by atoms with Crippen LogP contribution in [-0.2, 0) is 6.54 Å². The molecule has 2 aromatic rings. The quantitative estimate of drug-likeness (QED) is 0.788. The number of nitrogens with zero attached hydrogens (tertiary/aromatic N) is 1. The number of ether oxygens (including phenoxy) is 1. The Balaban J connectivity index is 0.00000128. The molecule has 0 atom stereocenters. The maximum atomic E-state index is 5.11. The predicted octanol–water partition coefficient (Wildman–Crippen LogP) is 2.61. The van der Waals surface area contributed by atoms with Crippen molar-refractivity contribution in [2.45, 2.75) is 6.54 Å². The zero-order valence-electron chi connectivity index (χ0n) is 9.17. The molecule has 0 N–H and O–H groups in total. The first-order valence-corrected chi connectivity index (χ1v) is 4.95. The van der Waals surface area contributed by atoms with Crippen LogP contribution in [0.3, 0.4) is 0 Å². The molecular formula is C13H15BrNO+. The summed E-state index contributed by atoms with van der Waals surface area (Å²) in [6, 6.07) is 14.3. The summed E-state index contributed by atoms with van der Waals surface area (Å²) < 4.78 is 7.23. The second-order valence-corrected chi connectivity index (χ2v) is 3.40. The average Bonchev–Trinajstić information content (AvgIpc) is 2.31. The van der Waals surface area contributed by atoms with Crippen LogP contribution in [0.2, 0.25) is 0 Å². The zero-order valence-corrected chi connectivity index (χ0v) is 10.9. The molecule has 0 fully saturated rings. The first kappa shape index (κ1) is 12.7. The Morgan fingerprint density at radius 3 is 2.19 bits per heavy atom. The minimum absolute atomic E-state index is 0. The molecule has 0 radical (unpaired) electrons. The first-order valence-electron chi connectivity index (χ1n) is 4.95. The molecule has 1 heterocycles. The molecule has 0 aliphatic carbocycles. The van der Waals surface area contributed by atoms with Crippen molar-refractivity contribution in [1.82, 2.24) is 0 Å². The van der Waals surface area contributed by atoms with E-state index in [0.29, 0.717) is 0 Å². The molecule has 0 aliphatic rings. The average molecular weight is 281 g/mol. The van der Waals surface area contributed by atoms with Crippen LogP contribution >= 0.6 is 17.0 Å². The van der Waals surface area contributed by atoms with Crippen molar-refractivity contribution in [1.29, 1.82) is 0 Å². The van der Waals surface area contributed by atoms with E-state index in [1.807, 2.05) is 30.6 Å². The van der Waals surface area contributed by atoms with Crippen LogP contribution < -0.4 is 9.30 Å². The van der Waals surface area contributed by atoms with Gasteiger partial charge in [-0.15, -0.1) is 17.0 Å². The third-order valence-corrected chi connectivity index (χ3v) is 2.30. The van der Waals surface area contributed by atoms with E-state index in [-0.39, 0.29) is 17.0 Å². The Morgan fingerprint density at radius 2 is 1.62 bits per heavy atom. The molecular weight excluding hydrogens is 266 g/mol. The lowest BCUT2D eigenvalue weighted by molar-refractivity contribution is -0.688. The van der Waals surface area contributed by atoms with Gasteiger partial charge < -0.3 is 4.74 Å². The summed E-state index contributed by atoms with van der Waals surface area (Å²) in [4.78, 5) is 0. The first-order chi connectivity index (χ1) is 7.38. The normalized spacial score (nSPS) is 9.31. The highest BCUT2D eigenvalue weighted by Crippen LogP contribution is 2.04. The molecule has 0 bridgehead atoms. The van der Waals surface area contributed by atoms with Crippen molar-refractivity contribution >= 4 is 17.0 Å². The topological polar surface area (TPSA) is 13.1 Å². The third kappa shape index (κ3) is 3.35. The fourth-order valence-corrected chi connectivity index (χ4v) is 1.48. The standard InChI is InChI=1S/C13H14NO.BrH/c1-15-13-7-9-14(10-8-13)11-12-5-3-2-4-6-12;/h2-10H,11H2,1H3;1H/q+1;. The van der Waals surface area contributed by atoms with Gasteiger partial charge in [0.2, 0.25) is 0 Å². The van der Waals surface area contributed by atoms with Crippen LogP contribution in [0.4, 0.5) is 0 Å². The molecule has 0 spiro atoms. The predicted molar refractivity (Wildman–Crippen MR) is 69.1 cm³/mol. The van der Waals surface area contributed by atoms with E-state index >= 15 is 0 Å². The minimum Gasteiger partial charge on any atom is -0.496 e. The van der Waals surface area contributed by atoms with Gasteiger partial charge in [0.25, 0.3) is 0 Å². The van der Waals surface area contributed by atoms with Gasteiger partial charge >= 0.3 is 0 Å². The monoisotopic (exact) mass is 280 g/mol. The number of hydrogen-bond donors (Lipinski definition) is 0. The summed E-state index contributed by atoms with van der Waals surface area (Å²) in [5.74, 6) is 0.888. The fourth-order valence-electron chi connectivity index (χ4n) is 1.48. The fraction of sp³-hybridized carbons (Fsp3) is 0.154. The van der Waals surface area contributed by atoms with Gasteiger partial charge in [0.1, 0.15) is 5.75 Å². The van der Waals surface area contributed by atoms with E-state index in [1.54, 1.807) is 7.11 Å². The zero-order chi connectivity index (χ0) is 10.5. The summed E-state index contributed by atoms with van der Waals surface area (Å²) in [5, 5.41) is 0.